The molecule has 0 aromatic rings. The van der Waals surface area contributed by atoms with Gasteiger partial charge in [0.1, 0.15) is 73.2 Å². The number of hydrogen-bond donors (Lipinski definition) is 12. The Bertz CT molecular complexity index is 1850. The smallest absolute Gasteiger partial charge is 0.220 e. The highest BCUT2D eigenvalue weighted by Crippen LogP contribution is 2.33. The number of rotatable bonds is 64. The maximum Gasteiger partial charge on any atom is 0.220 e. The van der Waals surface area contributed by atoms with Crippen LogP contribution in [0.5, 0.6) is 0 Å². The van der Waals surface area contributed by atoms with Crippen LogP contribution in [0.25, 0.3) is 0 Å². The molecule has 1 amide bonds. The number of carbonyl (C=O) groups excluding carboxylic acids is 1. The van der Waals surface area contributed by atoms with Crippen LogP contribution in [0.1, 0.15) is 335 Å². The molecule has 0 spiro atoms. The van der Waals surface area contributed by atoms with E-state index in [1.807, 2.05) is 6.08 Å². The van der Waals surface area contributed by atoms with Gasteiger partial charge < -0.3 is 89.9 Å². The van der Waals surface area contributed by atoms with Crippen LogP contribution in [-0.2, 0) is 33.2 Å². The van der Waals surface area contributed by atoms with Crippen molar-refractivity contribution in [2.75, 3.05) is 26.4 Å². The maximum atomic E-state index is 13.4. The number of amides is 1. The lowest BCUT2D eigenvalue weighted by Crippen LogP contribution is -2.66. The van der Waals surface area contributed by atoms with Gasteiger partial charge in [-0.2, -0.15) is 0 Å². The van der Waals surface area contributed by atoms with Crippen molar-refractivity contribution in [1.82, 2.24) is 5.32 Å². The predicted molar refractivity (Wildman–Crippen MR) is 383 cm³/mol. The van der Waals surface area contributed by atoms with E-state index in [-0.39, 0.29) is 18.9 Å². The number of nitrogens with one attached hydrogen (secondary N) is 1. The van der Waals surface area contributed by atoms with Crippen LogP contribution in [0, 0.1) is 0 Å². The van der Waals surface area contributed by atoms with Gasteiger partial charge in [-0.1, -0.05) is 321 Å². The summed E-state index contributed by atoms with van der Waals surface area (Å²) >= 11 is 0. The molecule has 3 heterocycles. The van der Waals surface area contributed by atoms with Crippen molar-refractivity contribution in [3.63, 3.8) is 0 Å². The van der Waals surface area contributed by atoms with E-state index in [9.17, 15) is 61.0 Å². The lowest BCUT2D eigenvalue weighted by atomic mass is 9.96. The summed E-state index contributed by atoms with van der Waals surface area (Å²) in [6.07, 6.45) is 44.7. The Morgan fingerprint density at radius 1 is 0.361 bits per heavy atom. The zero-order valence-corrected chi connectivity index (χ0v) is 61.1. The van der Waals surface area contributed by atoms with E-state index in [2.05, 4.69) is 31.3 Å². The third-order valence-corrected chi connectivity index (χ3v) is 20.3. The van der Waals surface area contributed by atoms with Gasteiger partial charge in [0.05, 0.1) is 38.6 Å². The number of carbonyl (C=O) groups is 1. The number of hydrogen-bond acceptors (Lipinski definition) is 18. The zero-order valence-electron chi connectivity index (χ0n) is 61.1. The molecule has 0 aliphatic carbocycles. The first-order chi connectivity index (χ1) is 47.3. The van der Waals surface area contributed by atoms with E-state index in [0.29, 0.717) is 12.8 Å². The Morgan fingerprint density at radius 2 is 0.660 bits per heavy atom. The SMILES string of the molecule is CCCCCCCCCCCCCCCCCCCCCCCCCCCC/C=C/CC/C=C/C(O)C(COC1OC(CO)C(OC2OC(CO)C(OC3OC(CO)C(O)C(O)C3O)C(O)C2O)C(O)C1O)NC(=O)CCCCCCCCCCCCCCCCCCCCCC. The summed E-state index contributed by atoms with van der Waals surface area (Å²) in [4.78, 5) is 13.4. The van der Waals surface area contributed by atoms with Crippen molar-refractivity contribution in [2.45, 2.75) is 439 Å². The molecule has 3 rings (SSSR count). The molecule has 3 aliphatic rings. The average molecular weight is 1390 g/mol. The van der Waals surface area contributed by atoms with Gasteiger partial charge in [0.25, 0.3) is 0 Å². The lowest BCUT2D eigenvalue weighted by molar-refractivity contribution is -0.379. The van der Waals surface area contributed by atoms with E-state index in [0.717, 1.165) is 38.5 Å². The highest BCUT2D eigenvalue weighted by molar-refractivity contribution is 5.76. The summed E-state index contributed by atoms with van der Waals surface area (Å²) < 4.78 is 34.4. The summed E-state index contributed by atoms with van der Waals surface area (Å²) in [5.74, 6) is -0.278. The molecule has 0 saturated carbocycles. The largest absolute Gasteiger partial charge is 0.394 e. The van der Waals surface area contributed by atoms with Crippen molar-refractivity contribution >= 4 is 5.91 Å². The second-order valence-corrected chi connectivity index (χ2v) is 28.9. The van der Waals surface area contributed by atoms with Gasteiger partial charge in [0.2, 0.25) is 5.91 Å². The van der Waals surface area contributed by atoms with Crippen molar-refractivity contribution in [3.05, 3.63) is 24.3 Å². The first kappa shape index (κ1) is 89.5. The topological polar surface area (TPSA) is 307 Å². The third kappa shape index (κ3) is 40.2. The highest BCUT2D eigenvalue weighted by Gasteiger charge is 2.54. The molecule has 12 N–H and O–H groups in total. The van der Waals surface area contributed by atoms with Crippen LogP contribution in [0.2, 0.25) is 0 Å². The van der Waals surface area contributed by atoms with E-state index < -0.39 is 124 Å². The molecule has 572 valence electrons. The summed E-state index contributed by atoms with van der Waals surface area (Å²) in [5, 5.41) is 121. The summed E-state index contributed by atoms with van der Waals surface area (Å²) in [7, 11) is 0. The normalized spacial score (nSPS) is 27.0. The summed E-state index contributed by atoms with van der Waals surface area (Å²) in [5.41, 5.74) is 0. The first-order valence-corrected chi connectivity index (χ1v) is 40.1. The third-order valence-electron chi connectivity index (χ3n) is 20.3. The molecule has 0 aromatic heterocycles. The molecule has 0 radical (unpaired) electrons. The van der Waals surface area contributed by atoms with E-state index in [1.165, 1.54) is 263 Å². The molecular weight excluding hydrogens is 1240 g/mol. The van der Waals surface area contributed by atoms with Gasteiger partial charge in [-0.25, -0.2) is 0 Å². The van der Waals surface area contributed by atoms with Crippen molar-refractivity contribution in [2.24, 2.45) is 0 Å². The number of ether oxygens (including phenoxy) is 6. The minimum absolute atomic E-state index is 0.241. The van der Waals surface area contributed by atoms with Crippen molar-refractivity contribution in [1.29, 1.82) is 0 Å². The molecule has 3 saturated heterocycles. The van der Waals surface area contributed by atoms with Crippen LogP contribution in [0.4, 0.5) is 0 Å². The molecule has 17 unspecified atom stereocenters. The van der Waals surface area contributed by atoms with Crippen LogP contribution in [-0.4, -0.2) is 193 Å². The van der Waals surface area contributed by atoms with Crippen LogP contribution < -0.4 is 5.32 Å². The molecule has 0 bridgehead atoms. The van der Waals surface area contributed by atoms with Gasteiger partial charge in [-0.15, -0.1) is 0 Å². The quantitative estimate of drug-likeness (QED) is 0.0199. The second-order valence-electron chi connectivity index (χ2n) is 28.9. The Hall–Kier alpha value is -1.73. The Morgan fingerprint density at radius 3 is 1.03 bits per heavy atom. The fraction of sp³-hybridized carbons (Fsp3) is 0.936. The molecule has 97 heavy (non-hydrogen) atoms. The number of aliphatic hydroxyl groups is 11. The summed E-state index contributed by atoms with van der Waals surface area (Å²) in [6.45, 7) is 1.77. The molecule has 3 aliphatic heterocycles. The average Bonchev–Trinajstić information content (AvgIpc) is 0.842. The molecule has 0 aromatic carbocycles. The Balaban J connectivity index is 1.38. The van der Waals surface area contributed by atoms with Crippen molar-refractivity contribution < 1.29 is 89.4 Å². The number of allylic oxidation sites excluding steroid dienone is 3. The molecule has 19 heteroatoms. The van der Waals surface area contributed by atoms with Gasteiger partial charge in [0.15, 0.2) is 18.9 Å². The fourth-order valence-electron chi connectivity index (χ4n) is 13.8. The molecule has 17 atom stereocenters. The molecule has 19 nitrogen and oxygen atoms in total. The second kappa shape index (κ2) is 59.6. The van der Waals surface area contributed by atoms with Gasteiger partial charge in [-0.3, -0.25) is 4.79 Å². The van der Waals surface area contributed by atoms with Gasteiger partial charge in [0, 0.05) is 6.42 Å². The Kier molecular flexibility index (Phi) is 55.0. The van der Waals surface area contributed by atoms with Gasteiger partial charge >= 0.3 is 0 Å². The Labute approximate surface area is 588 Å². The maximum absolute atomic E-state index is 13.4. The minimum atomic E-state index is -1.98. The molecule has 3 fully saturated rings. The van der Waals surface area contributed by atoms with Gasteiger partial charge in [-0.05, 0) is 32.1 Å². The van der Waals surface area contributed by atoms with E-state index in [1.54, 1.807) is 6.08 Å². The van der Waals surface area contributed by atoms with Crippen LogP contribution in [0.3, 0.4) is 0 Å². The van der Waals surface area contributed by atoms with E-state index in [4.69, 9.17) is 28.4 Å². The number of aliphatic hydroxyl groups excluding tert-OH is 11. The van der Waals surface area contributed by atoms with Crippen LogP contribution >= 0.6 is 0 Å². The predicted octanol–water partition coefficient (Wildman–Crippen LogP) is 13.0. The highest BCUT2D eigenvalue weighted by atomic mass is 16.8. The monoisotopic (exact) mass is 1390 g/mol. The lowest BCUT2D eigenvalue weighted by Gasteiger charge is -2.48. The minimum Gasteiger partial charge on any atom is -0.394 e. The van der Waals surface area contributed by atoms with Crippen LogP contribution in [0.15, 0.2) is 24.3 Å². The standard InChI is InChI=1S/C78H147NO18/c1-3-5-7-9-11-13-15-17-19-21-23-25-26-27-28-29-30-31-32-33-34-35-36-37-39-41-43-45-47-49-51-53-55-62(83)61(79-66(84)56-54-52-50-48-46-44-42-40-38-24-22-20-18-16-14-12-10-8-6-4-2)60-92-76-72(90)69(87)74(64(58-81)94-76)97-78-73(91)70(88)75(65(59-82)95-78)96-77-71(89)68(86)67(85)63(57-80)93-77/h45,47,53,55,61-65,67-78,80-83,85-91H,3-44,46,48-52,54,56-60H2,1-2H3,(H,79,84)/b47-45+,55-53+. The summed E-state index contributed by atoms with van der Waals surface area (Å²) in [6, 6.07) is -0.988. The zero-order chi connectivity index (χ0) is 70.4. The fourth-order valence-corrected chi connectivity index (χ4v) is 13.8. The number of unbranched alkanes of at least 4 members (excludes halogenated alkanes) is 46. The van der Waals surface area contributed by atoms with Crippen molar-refractivity contribution in [3.8, 4) is 0 Å². The first-order valence-electron chi connectivity index (χ1n) is 40.1. The molecular formula is C78H147NO18. The van der Waals surface area contributed by atoms with E-state index >= 15 is 0 Å².